The van der Waals surface area contributed by atoms with E-state index in [0.717, 1.165) is 15.8 Å². The molecule has 0 aliphatic carbocycles. The summed E-state index contributed by atoms with van der Waals surface area (Å²) in [5.74, 6) is 0.765. The van der Waals surface area contributed by atoms with Crippen molar-refractivity contribution < 1.29 is 0 Å². The van der Waals surface area contributed by atoms with Crippen molar-refractivity contribution in [1.29, 1.82) is 0 Å². The smallest absolute Gasteiger partial charge is 0.179 e. The van der Waals surface area contributed by atoms with E-state index in [9.17, 15) is 0 Å². The molecule has 0 aliphatic rings. The quantitative estimate of drug-likeness (QED) is 0.671. The van der Waals surface area contributed by atoms with E-state index in [0.29, 0.717) is 0 Å². The van der Waals surface area contributed by atoms with E-state index in [1.807, 2.05) is 12.3 Å². The number of rotatable bonds is 1. The number of hydrogen-bond acceptors (Lipinski definition) is 3. The van der Waals surface area contributed by atoms with Gasteiger partial charge in [0.25, 0.3) is 0 Å². The topological polar surface area (TPSA) is 48.0 Å². The Morgan fingerprint density at radius 1 is 1.20 bits per heavy atom. The van der Waals surface area contributed by atoms with Gasteiger partial charge in [-0.05, 0) is 22.0 Å². The van der Waals surface area contributed by atoms with Crippen molar-refractivity contribution in [1.82, 2.24) is 24.4 Å². The molecule has 6 heteroatoms. The van der Waals surface area contributed by atoms with Gasteiger partial charge in [-0.25, -0.2) is 14.2 Å². The Labute approximate surface area is 93.5 Å². The highest BCUT2D eigenvalue weighted by molar-refractivity contribution is 9.10. The average Bonchev–Trinajstić information content (AvgIpc) is 2.84. The number of nitrogens with zero attached hydrogens (tertiary/aromatic N) is 5. The van der Waals surface area contributed by atoms with Gasteiger partial charge in [-0.1, -0.05) is 0 Å². The second-order valence-corrected chi connectivity index (χ2v) is 3.93. The van der Waals surface area contributed by atoms with E-state index < -0.39 is 0 Å². The second-order valence-electron chi connectivity index (χ2n) is 3.01. The van der Waals surface area contributed by atoms with Crippen LogP contribution < -0.4 is 0 Å². The standard InChI is InChI=1S/C9H6BrN5/c10-7-5-13-15(6-7)9-8-1-2-12-14(8)4-3-11-9/h1-6H. The van der Waals surface area contributed by atoms with Gasteiger partial charge in [-0.15, -0.1) is 0 Å². The third kappa shape index (κ3) is 1.33. The molecule has 0 bridgehead atoms. The van der Waals surface area contributed by atoms with Crippen LogP contribution in [0.4, 0.5) is 0 Å². The molecule has 3 aromatic rings. The van der Waals surface area contributed by atoms with Crippen molar-refractivity contribution in [2.45, 2.75) is 0 Å². The Morgan fingerprint density at radius 3 is 2.93 bits per heavy atom. The van der Waals surface area contributed by atoms with Crippen LogP contribution in [0.1, 0.15) is 0 Å². The van der Waals surface area contributed by atoms with Crippen molar-refractivity contribution in [2.24, 2.45) is 0 Å². The Hall–Kier alpha value is -1.69. The van der Waals surface area contributed by atoms with Gasteiger partial charge in [0, 0.05) is 18.6 Å². The first-order valence-corrected chi connectivity index (χ1v) is 5.13. The molecule has 3 aromatic heterocycles. The summed E-state index contributed by atoms with van der Waals surface area (Å²) < 4.78 is 4.39. The highest BCUT2D eigenvalue weighted by atomic mass is 79.9. The Morgan fingerprint density at radius 2 is 2.13 bits per heavy atom. The second kappa shape index (κ2) is 3.16. The van der Waals surface area contributed by atoms with Crippen LogP contribution in [0.25, 0.3) is 11.3 Å². The molecule has 0 aliphatic heterocycles. The van der Waals surface area contributed by atoms with Crippen molar-refractivity contribution in [3.05, 3.63) is 41.5 Å². The molecule has 0 amide bonds. The summed E-state index contributed by atoms with van der Waals surface area (Å²) in [6.45, 7) is 0. The molecule has 0 saturated heterocycles. The van der Waals surface area contributed by atoms with Crippen LogP contribution in [-0.2, 0) is 0 Å². The monoisotopic (exact) mass is 263 g/mol. The first-order chi connectivity index (χ1) is 7.34. The fourth-order valence-electron chi connectivity index (χ4n) is 1.44. The highest BCUT2D eigenvalue weighted by Crippen LogP contribution is 2.14. The van der Waals surface area contributed by atoms with Gasteiger partial charge in [0.15, 0.2) is 5.82 Å². The molecule has 0 spiro atoms. The van der Waals surface area contributed by atoms with Crippen molar-refractivity contribution in [2.75, 3.05) is 0 Å². The molecule has 74 valence electrons. The fraction of sp³-hybridized carbons (Fsp3) is 0. The normalized spacial score (nSPS) is 11.0. The Kier molecular flexibility index (Phi) is 1.81. The molecule has 3 rings (SSSR count). The molecule has 0 N–H and O–H groups in total. The van der Waals surface area contributed by atoms with Crippen LogP contribution in [0, 0.1) is 0 Å². The van der Waals surface area contributed by atoms with Crippen LogP contribution in [0.3, 0.4) is 0 Å². The van der Waals surface area contributed by atoms with Gasteiger partial charge < -0.3 is 0 Å². The lowest BCUT2D eigenvalue weighted by atomic mass is 10.5. The number of aromatic nitrogens is 5. The van der Waals surface area contributed by atoms with Gasteiger partial charge in [0.05, 0.1) is 16.9 Å². The first-order valence-electron chi connectivity index (χ1n) is 4.33. The first kappa shape index (κ1) is 8.60. The third-order valence-corrected chi connectivity index (χ3v) is 2.48. The predicted molar refractivity (Wildman–Crippen MR) is 57.8 cm³/mol. The van der Waals surface area contributed by atoms with Gasteiger partial charge in [-0.2, -0.15) is 10.2 Å². The average molecular weight is 264 g/mol. The van der Waals surface area contributed by atoms with Crippen molar-refractivity contribution in [3.8, 4) is 5.82 Å². The molecule has 0 atom stereocenters. The minimum atomic E-state index is 0.765. The predicted octanol–water partition coefficient (Wildman–Crippen LogP) is 1.68. The van der Waals surface area contributed by atoms with E-state index in [1.165, 1.54) is 0 Å². The maximum atomic E-state index is 4.28. The summed E-state index contributed by atoms with van der Waals surface area (Å²) in [4.78, 5) is 4.28. The van der Waals surface area contributed by atoms with Crippen LogP contribution >= 0.6 is 15.9 Å². The molecule has 15 heavy (non-hydrogen) atoms. The lowest BCUT2D eigenvalue weighted by molar-refractivity contribution is 0.832. The minimum absolute atomic E-state index is 0.765. The van der Waals surface area contributed by atoms with Crippen LogP contribution in [0.2, 0.25) is 0 Å². The van der Waals surface area contributed by atoms with E-state index in [1.54, 1.807) is 34.0 Å². The zero-order valence-corrected chi connectivity index (χ0v) is 9.16. The fourth-order valence-corrected chi connectivity index (χ4v) is 1.72. The van der Waals surface area contributed by atoms with E-state index in [4.69, 9.17) is 0 Å². The summed E-state index contributed by atoms with van der Waals surface area (Å²) in [5, 5.41) is 8.32. The summed E-state index contributed by atoms with van der Waals surface area (Å²) in [7, 11) is 0. The summed E-state index contributed by atoms with van der Waals surface area (Å²) >= 11 is 3.35. The van der Waals surface area contributed by atoms with E-state index in [-0.39, 0.29) is 0 Å². The number of fused-ring (bicyclic) bond motifs is 1. The van der Waals surface area contributed by atoms with E-state index in [2.05, 4.69) is 31.1 Å². The molecule has 0 saturated carbocycles. The molecule has 0 aromatic carbocycles. The van der Waals surface area contributed by atoms with Gasteiger partial charge >= 0.3 is 0 Å². The molecule has 3 heterocycles. The van der Waals surface area contributed by atoms with Crippen LogP contribution in [-0.4, -0.2) is 24.4 Å². The minimum Gasteiger partial charge on any atom is -0.236 e. The van der Waals surface area contributed by atoms with Crippen molar-refractivity contribution in [3.63, 3.8) is 0 Å². The Balaban J connectivity index is 2.30. The third-order valence-electron chi connectivity index (χ3n) is 2.07. The highest BCUT2D eigenvalue weighted by Gasteiger charge is 2.06. The SMILES string of the molecule is Brc1cnn(-c2nccn3nccc23)c1. The summed E-state index contributed by atoms with van der Waals surface area (Å²) in [6.07, 6.45) is 8.82. The molecule has 5 nitrogen and oxygen atoms in total. The van der Waals surface area contributed by atoms with Gasteiger partial charge in [0.2, 0.25) is 0 Å². The zero-order valence-electron chi connectivity index (χ0n) is 7.58. The Bertz CT molecular complexity index is 612. The van der Waals surface area contributed by atoms with Crippen molar-refractivity contribution >= 4 is 21.4 Å². The lowest BCUT2D eigenvalue weighted by Gasteiger charge is -2.01. The maximum Gasteiger partial charge on any atom is 0.179 e. The summed E-state index contributed by atoms with van der Waals surface area (Å²) in [5.41, 5.74) is 0.924. The van der Waals surface area contributed by atoms with Gasteiger partial charge in [-0.3, -0.25) is 0 Å². The van der Waals surface area contributed by atoms with Gasteiger partial charge in [0.1, 0.15) is 5.52 Å². The maximum absolute atomic E-state index is 4.28. The number of halogens is 1. The zero-order chi connectivity index (χ0) is 10.3. The molecule has 0 radical (unpaired) electrons. The molecular weight excluding hydrogens is 258 g/mol. The lowest BCUT2D eigenvalue weighted by Crippen LogP contribution is -2.01. The van der Waals surface area contributed by atoms with E-state index >= 15 is 0 Å². The molecule has 0 fully saturated rings. The molecule has 0 unspecified atom stereocenters. The van der Waals surface area contributed by atoms with Crippen LogP contribution in [0.5, 0.6) is 0 Å². The number of hydrogen-bond donors (Lipinski definition) is 0. The summed E-state index contributed by atoms with van der Waals surface area (Å²) in [6, 6.07) is 1.90. The van der Waals surface area contributed by atoms with Crippen LogP contribution in [0.15, 0.2) is 41.5 Å². The molecular formula is C9H6BrN5. The largest absolute Gasteiger partial charge is 0.236 e.